The van der Waals surface area contributed by atoms with Crippen LogP contribution in [0.25, 0.3) is 6.08 Å². The molecule has 0 aromatic heterocycles. The summed E-state index contributed by atoms with van der Waals surface area (Å²) in [4.78, 5) is 3.98. The van der Waals surface area contributed by atoms with Crippen LogP contribution in [0.5, 0.6) is 5.75 Å². The number of benzene rings is 1. The summed E-state index contributed by atoms with van der Waals surface area (Å²) in [6, 6.07) is 6.94. The van der Waals surface area contributed by atoms with Crippen molar-refractivity contribution in [2.24, 2.45) is 0 Å². The quantitative estimate of drug-likeness (QED) is 0.498. The predicted octanol–water partition coefficient (Wildman–Crippen LogP) is 2.18. The molecule has 0 saturated heterocycles. The lowest BCUT2D eigenvalue weighted by Crippen LogP contribution is -1.81. The van der Waals surface area contributed by atoms with Crippen LogP contribution in [0.1, 0.15) is 5.56 Å². The first-order valence-electron chi connectivity index (χ1n) is 2.90. The lowest BCUT2D eigenvalue weighted by molar-refractivity contribution is -0.137. The average Bonchev–Trinajstić information content (AvgIpc) is 2.05. The molecule has 1 aromatic carbocycles. The summed E-state index contributed by atoms with van der Waals surface area (Å²) < 4.78 is 0. The monoisotopic (exact) mass is 136 g/mol. The fraction of sp³-hybridized carbons (Fsp3) is 0. The van der Waals surface area contributed by atoms with Gasteiger partial charge in [-0.1, -0.05) is 24.8 Å². The molecule has 0 fully saturated rings. The fourth-order valence-corrected chi connectivity index (χ4v) is 0.665. The maximum Gasteiger partial charge on any atom is 0.165 e. The Kier molecular flexibility index (Phi) is 2.07. The van der Waals surface area contributed by atoms with E-state index < -0.39 is 0 Å². The minimum atomic E-state index is 0.436. The first kappa shape index (κ1) is 6.83. The number of hydrogen-bond donors (Lipinski definition) is 1. The van der Waals surface area contributed by atoms with Crippen LogP contribution in [0.3, 0.4) is 0 Å². The van der Waals surface area contributed by atoms with Crippen molar-refractivity contribution in [3.05, 3.63) is 36.4 Å². The molecule has 0 aliphatic heterocycles. The summed E-state index contributed by atoms with van der Waals surface area (Å²) in [5.74, 6) is 0.436. The Balaban J connectivity index is 2.90. The molecule has 0 saturated carbocycles. The Hall–Kier alpha value is -1.28. The largest absolute Gasteiger partial charge is 0.340 e. The van der Waals surface area contributed by atoms with Crippen molar-refractivity contribution in [2.45, 2.75) is 0 Å². The average molecular weight is 136 g/mol. The maximum absolute atomic E-state index is 8.18. The molecule has 2 heteroatoms. The lowest BCUT2D eigenvalue weighted by atomic mass is 10.2. The zero-order chi connectivity index (χ0) is 7.40. The minimum Gasteiger partial charge on any atom is -0.340 e. The molecule has 1 aromatic rings. The van der Waals surface area contributed by atoms with Gasteiger partial charge in [0.2, 0.25) is 0 Å². The zero-order valence-corrected chi connectivity index (χ0v) is 5.45. The molecule has 0 radical (unpaired) electrons. The highest BCUT2D eigenvalue weighted by atomic mass is 17.1. The third-order valence-corrected chi connectivity index (χ3v) is 1.22. The summed E-state index contributed by atoms with van der Waals surface area (Å²) in [5, 5.41) is 8.18. The van der Waals surface area contributed by atoms with Crippen molar-refractivity contribution < 1.29 is 10.1 Å². The SMILES string of the molecule is C=Cc1ccc(OO)cc1. The van der Waals surface area contributed by atoms with Crippen LogP contribution in [0, 0.1) is 0 Å². The van der Waals surface area contributed by atoms with E-state index in [1.165, 1.54) is 0 Å². The van der Waals surface area contributed by atoms with E-state index in [9.17, 15) is 0 Å². The van der Waals surface area contributed by atoms with Gasteiger partial charge < -0.3 is 4.89 Å². The summed E-state index contributed by atoms with van der Waals surface area (Å²) in [5.41, 5.74) is 1.00. The molecule has 1 N–H and O–H groups in total. The van der Waals surface area contributed by atoms with Crippen LogP contribution in [0.2, 0.25) is 0 Å². The van der Waals surface area contributed by atoms with Gasteiger partial charge in [-0.3, -0.25) is 0 Å². The molecule has 1 rings (SSSR count). The van der Waals surface area contributed by atoms with Crippen molar-refractivity contribution in [3.8, 4) is 5.75 Å². The first-order chi connectivity index (χ1) is 4.86. The molecular weight excluding hydrogens is 128 g/mol. The molecule has 0 heterocycles. The number of hydrogen-bond acceptors (Lipinski definition) is 2. The summed E-state index contributed by atoms with van der Waals surface area (Å²) in [6.07, 6.45) is 1.72. The van der Waals surface area contributed by atoms with Crippen LogP contribution in [-0.4, -0.2) is 5.26 Å². The van der Waals surface area contributed by atoms with Crippen LogP contribution < -0.4 is 4.89 Å². The van der Waals surface area contributed by atoms with E-state index in [-0.39, 0.29) is 0 Å². The van der Waals surface area contributed by atoms with Gasteiger partial charge in [0.15, 0.2) is 5.75 Å². The van der Waals surface area contributed by atoms with Crippen LogP contribution in [-0.2, 0) is 0 Å². The van der Waals surface area contributed by atoms with Gasteiger partial charge in [0.05, 0.1) is 0 Å². The summed E-state index contributed by atoms with van der Waals surface area (Å²) >= 11 is 0. The summed E-state index contributed by atoms with van der Waals surface area (Å²) in [6.45, 7) is 3.58. The third kappa shape index (κ3) is 1.36. The molecule has 0 spiro atoms. The molecule has 0 atom stereocenters. The molecule has 0 amide bonds. The van der Waals surface area contributed by atoms with Crippen LogP contribution >= 0.6 is 0 Å². The van der Waals surface area contributed by atoms with Gasteiger partial charge in [-0.2, -0.15) is 0 Å². The second-order valence-electron chi connectivity index (χ2n) is 1.86. The smallest absolute Gasteiger partial charge is 0.165 e. The van der Waals surface area contributed by atoms with Crippen molar-refractivity contribution in [1.29, 1.82) is 0 Å². The number of rotatable bonds is 2. The van der Waals surface area contributed by atoms with Gasteiger partial charge in [-0.25, -0.2) is 5.26 Å². The van der Waals surface area contributed by atoms with Crippen LogP contribution in [0.4, 0.5) is 0 Å². The third-order valence-electron chi connectivity index (χ3n) is 1.22. The highest BCUT2D eigenvalue weighted by molar-refractivity contribution is 5.48. The summed E-state index contributed by atoms with van der Waals surface area (Å²) in [7, 11) is 0. The van der Waals surface area contributed by atoms with E-state index in [0.29, 0.717) is 5.75 Å². The maximum atomic E-state index is 8.18. The topological polar surface area (TPSA) is 29.5 Å². The second kappa shape index (κ2) is 3.03. The Bertz CT molecular complexity index is 213. The Morgan fingerprint density at radius 3 is 2.30 bits per heavy atom. The predicted molar refractivity (Wildman–Crippen MR) is 39.8 cm³/mol. The van der Waals surface area contributed by atoms with Gasteiger partial charge in [-0.15, -0.1) is 0 Å². The molecular formula is C8H8O2. The van der Waals surface area contributed by atoms with Crippen molar-refractivity contribution in [2.75, 3.05) is 0 Å². The van der Waals surface area contributed by atoms with Crippen molar-refractivity contribution in [1.82, 2.24) is 0 Å². The van der Waals surface area contributed by atoms with E-state index in [1.54, 1.807) is 30.3 Å². The van der Waals surface area contributed by atoms with Crippen molar-refractivity contribution in [3.63, 3.8) is 0 Å². The van der Waals surface area contributed by atoms with E-state index >= 15 is 0 Å². The van der Waals surface area contributed by atoms with Gasteiger partial charge in [-0.05, 0) is 17.7 Å². The van der Waals surface area contributed by atoms with Gasteiger partial charge in [0.1, 0.15) is 0 Å². The molecule has 0 aliphatic carbocycles. The first-order valence-corrected chi connectivity index (χ1v) is 2.90. The fourth-order valence-electron chi connectivity index (χ4n) is 0.665. The Labute approximate surface area is 59.3 Å². The van der Waals surface area contributed by atoms with Gasteiger partial charge in [0, 0.05) is 0 Å². The van der Waals surface area contributed by atoms with Crippen molar-refractivity contribution >= 4 is 6.08 Å². The Morgan fingerprint density at radius 1 is 1.30 bits per heavy atom. The zero-order valence-electron chi connectivity index (χ0n) is 5.45. The highest BCUT2D eigenvalue weighted by Gasteiger charge is 1.89. The molecule has 10 heavy (non-hydrogen) atoms. The van der Waals surface area contributed by atoms with Gasteiger partial charge >= 0.3 is 0 Å². The van der Waals surface area contributed by atoms with E-state index in [4.69, 9.17) is 5.26 Å². The standard InChI is InChI=1S/C8H8O2/c1-2-7-3-5-8(10-9)6-4-7/h2-6,9H,1H2. The second-order valence-corrected chi connectivity index (χ2v) is 1.86. The molecule has 0 aliphatic rings. The molecule has 2 nitrogen and oxygen atoms in total. The normalized spacial score (nSPS) is 8.90. The molecule has 0 unspecified atom stereocenters. The van der Waals surface area contributed by atoms with Crippen LogP contribution in [0.15, 0.2) is 30.8 Å². The van der Waals surface area contributed by atoms with E-state index in [0.717, 1.165) is 5.56 Å². The minimum absolute atomic E-state index is 0.436. The molecule has 52 valence electrons. The van der Waals surface area contributed by atoms with E-state index in [2.05, 4.69) is 11.5 Å². The van der Waals surface area contributed by atoms with Gasteiger partial charge in [0.25, 0.3) is 0 Å². The lowest BCUT2D eigenvalue weighted by Gasteiger charge is -1.95. The molecule has 0 bridgehead atoms. The highest BCUT2D eigenvalue weighted by Crippen LogP contribution is 2.11. The van der Waals surface area contributed by atoms with E-state index in [1.807, 2.05) is 0 Å². The Morgan fingerprint density at radius 2 is 1.90 bits per heavy atom.